The van der Waals surface area contributed by atoms with Crippen LogP contribution in [0.15, 0.2) is 0 Å². The summed E-state index contributed by atoms with van der Waals surface area (Å²) >= 11 is 0. The molecule has 0 spiro atoms. The molecule has 146 valence electrons. The summed E-state index contributed by atoms with van der Waals surface area (Å²) in [6.07, 6.45) is 23.0. The van der Waals surface area contributed by atoms with Crippen LogP contribution in [0.1, 0.15) is 122 Å². The molecule has 0 fully saturated rings. The Kier molecular flexibility index (Phi) is 26.0. The molecule has 0 heterocycles. The Balaban J connectivity index is 0. The minimum absolute atomic E-state index is 0. The second-order valence-corrected chi connectivity index (χ2v) is 8.80. The number of rotatable bonds is 19. The standard InChI is InChI=1S/C20H42O3S.Cs/c1-2-3-4-5-6-7-8-9-10-11-12-13-14-15-16-17-18-19-20-24(21,22)23;/h2-20H2,1H3,(H,21,22,23);/q;+1/p-1. The van der Waals surface area contributed by atoms with Gasteiger partial charge in [-0.25, -0.2) is 8.42 Å². The van der Waals surface area contributed by atoms with Crippen molar-refractivity contribution >= 4 is 10.1 Å². The molecule has 3 nitrogen and oxygen atoms in total. The second-order valence-electron chi connectivity index (χ2n) is 7.27. The number of hydrogen-bond donors (Lipinski definition) is 0. The van der Waals surface area contributed by atoms with Crippen LogP contribution in [0, 0.1) is 0 Å². The quantitative estimate of drug-likeness (QED) is 0.204. The first-order valence-electron chi connectivity index (χ1n) is 10.5. The van der Waals surface area contributed by atoms with Crippen LogP contribution in [-0.4, -0.2) is 18.7 Å². The summed E-state index contributed by atoms with van der Waals surface area (Å²) in [6.45, 7) is 2.27. The van der Waals surface area contributed by atoms with Crippen LogP contribution >= 0.6 is 0 Å². The molecule has 5 heteroatoms. The van der Waals surface area contributed by atoms with Gasteiger partial charge < -0.3 is 4.55 Å². The Morgan fingerprint density at radius 2 is 0.760 bits per heavy atom. The number of hydrogen-bond acceptors (Lipinski definition) is 3. The molecule has 0 aliphatic carbocycles. The maximum atomic E-state index is 10.4. The molecular weight excluding hydrogens is 453 g/mol. The molecule has 0 aliphatic rings. The molecule has 0 aromatic rings. The normalized spacial score (nSPS) is 11.4. The van der Waals surface area contributed by atoms with Gasteiger partial charge in [0.25, 0.3) is 0 Å². The van der Waals surface area contributed by atoms with Gasteiger partial charge in [0.2, 0.25) is 0 Å². The van der Waals surface area contributed by atoms with Crippen LogP contribution in [-0.2, 0) is 10.1 Å². The third-order valence-electron chi connectivity index (χ3n) is 4.75. The van der Waals surface area contributed by atoms with Gasteiger partial charge in [-0.15, -0.1) is 0 Å². The molecule has 0 aromatic heterocycles. The molecule has 0 saturated heterocycles. The van der Waals surface area contributed by atoms with E-state index >= 15 is 0 Å². The van der Waals surface area contributed by atoms with Crippen LogP contribution < -0.4 is 68.9 Å². The second kappa shape index (κ2) is 22.3. The molecular formula is C20H41CsO3S. The molecule has 0 bridgehead atoms. The summed E-state index contributed by atoms with van der Waals surface area (Å²) in [6, 6.07) is 0. The monoisotopic (exact) mass is 494 g/mol. The third kappa shape index (κ3) is 28.3. The fourth-order valence-electron chi connectivity index (χ4n) is 3.18. The van der Waals surface area contributed by atoms with Gasteiger partial charge in [0.1, 0.15) is 0 Å². The van der Waals surface area contributed by atoms with E-state index in [1.807, 2.05) is 0 Å². The molecule has 0 amide bonds. The summed E-state index contributed by atoms with van der Waals surface area (Å²) in [5.74, 6) is -0.189. The zero-order valence-electron chi connectivity index (χ0n) is 17.1. The molecule has 0 saturated carbocycles. The van der Waals surface area contributed by atoms with Crippen LogP contribution in [0.2, 0.25) is 0 Å². The van der Waals surface area contributed by atoms with Crippen molar-refractivity contribution in [3.8, 4) is 0 Å². The smallest absolute Gasteiger partial charge is 0.748 e. The third-order valence-corrected chi connectivity index (χ3v) is 5.54. The Morgan fingerprint density at radius 3 is 1.00 bits per heavy atom. The van der Waals surface area contributed by atoms with E-state index in [0.717, 1.165) is 12.8 Å². The first kappa shape index (κ1) is 29.2. The van der Waals surface area contributed by atoms with Crippen LogP contribution in [0.5, 0.6) is 0 Å². The molecule has 0 N–H and O–H groups in total. The van der Waals surface area contributed by atoms with E-state index in [2.05, 4.69) is 6.92 Å². The number of unbranched alkanes of at least 4 members (excludes halogenated alkanes) is 17. The molecule has 0 radical (unpaired) electrons. The van der Waals surface area contributed by atoms with Gasteiger partial charge in [0.05, 0.1) is 10.1 Å². The van der Waals surface area contributed by atoms with Gasteiger partial charge in [-0.2, -0.15) is 0 Å². The van der Waals surface area contributed by atoms with E-state index in [0.29, 0.717) is 6.42 Å². The van der Waals surface area contributed by atoms with Gasteiger partial charge in [0, 0.05) is 5.75 Å². The van der Waals surface area contributed by atoms with Crippen LogP contribution in [0.4, 0.5) is 0 Å². The van der Waals surface area contributed by atoms with E-state index in [1.54, 1.807) is 0 Å². The van der Waals surface area contributed by atoms with Gasteiger partial charge in [-0.3, -0.25) is 0 Å². The summed E-state index contributed by atoms with van der Waals surface area (Å²) in [7, 11) is -4.00. The first-order valence-corrected chi connectivity index (χ1v) is 12.1. The van der Waals surface area contributed by atoms with Gasteiger partial charge in [-0.1, -0.05) is 116 Å². The van der Waals surface area contributed by atoms with Crippen molar-refractivity contribution in [2.45, 2.75) is 122 Å². The molecule has 0 rings (SSSR count). The van der Waals surface area contributed by atoms with Crippen LogP contribution in [0.3, 0.4) is 0 Å². The van der Waals surface area contributed by atoms with Crippen LogP contribution in [0.25, 0.3) is 0 Å². The Bertz CT molecular complexity index is 345. The molecule has 0 aromatic carbocycles. The van der Waals surface area contributed by atoms with Gasteiger partial charge in [-0.05, 0) is 6.42 Å². The fourth-order valence-corrected chi connectivity index (χ4v) is 3.74. The van der Waals surface area contributed by atoms with E-state index in [1.165, 1.54) is 96.3 Å². The molecule has 0 unspecified atom stereocenters. The maximum absolute atomic E-state index is 10.4. The zero-order valence-corrected chi connectivity index (χ0v) is 24.2. The molecule has 0 aliphatic heterocycles. The predicted octanol–water partition coefficient (Wildman–Crippen LogP) is 3.58. The van der Waals surface area contributed by atoms with Crippen molar-refractivity contribution in [3.05, 3.63) is 0 Å². The minimum atomic E-state index is -4.00. The van der Waals surface area contributed by atoms with Crippen molar-refractivity contribution in [2.75, 3.05) is 5.75 Å². The Labute approximate surface area is 217 Å². The SMILES string of the molecule is CCCCCCCCCCCCCCCCCCCCS(=O)(=O)[O-].[Cs+]. The van der Waals surface area contributed by atoms with Crippen molar-refractivity contribution in [1.82, 2.24) is 0 Å². The summed E-state index contributed by atoms with van der Waals surface area (Å²) < 4.78 is 31.3. The van der Waals surface area contributed by atoms with E-state index in [4.69, 9.17) is 0 Å². The van der Waals surface area contributed by atoms with Gasteiger partial charge in [0.15, 0.2) is 0 Å². The molecule has 0 atom stereocenters. The summed E-state index contributed by atoms with van der Waals surface area (Å²) in [5, 5.41) is 0. The predicted molar refractivity (Wildman–Crippen MR) is 103 cm³/mol. The summed E-state index contributed by atoms with van der Waals surface area (Å²) in [4.78, 5) is 0. The van der Waals surface area contributed by atoms with Crippen molar-refractivity contribution in [2.24, 2.45) is 0 Å². The maximum Gasteiger partial charge on any atom is 1.00 e. The van der Waals surface area contributed by atoms with E-state index in [9.17, 15) is 13.0 Å². The van der Waals surface area contributed by atoms with Crippen molar-refractivity contribution in [1.29, 1.82) is 0 Å². The minimum Gasteiger partial charge on any atom is -0.748 e. The van der Waals surface area contributed by atoms with Gasteiger partial charge >= 0.3 is 68.9 Å². The summed E-state index contributed by atoms with van der Waals surface area (Å²) in [5.41, 5.74) is 0. The topological polar surface area (TPSA) is 57.2 Å². The van der Waals surface area contributed by atoms with Crippen molar-refractivity contribution < 1.29 is 81.9 Å². The average Bonchev–Trinajstić information content (AvgIpc) is 2.52. The molecule has 25 heavy (non-hydrogen) atoms. The average molecular weight is 495 g/mol. The Hall–Kier alpha value is 1.96. The fraction of sp³-hybridized carbons (Fsp3) is 1.00. The Morgan fingerprint density at radius 1 is 0.520 bits per heavy atom. The first-order chi connectivity index (χ1) is 11.6. The van der Waals surface area contributed by atoms with E-state index in [-0.39, 0.29) is 74.6 Å². The largest absolute Gasteiger partial charge is 1.00 e. The van der Waals surface area contributed by atoms with E-state index < -0.39 is 10.1 Å². The van der Waals surface area contributed by atoms with Crippen molar-refractivity contribution in [3.63, 3.8) is 0 Å². The zero-order chi connectivity index (χ0) is 17.9.